The molecule has 0 spiro atoms. The van der Waals surface area contributed by atoms with Crippen LogP contribution >= 0.6 is 0 Å². The number of carbonyl (C=O) groups excluding carboxylic acids is 1. The molecule has 3 aliphatic heterocycles. The molecule has 3 fully saturated rings. The predicted molar refractivity (Wildman–Crippen MR) is 97.6 cm³/mol. The summed E-state index contributed by atoms with van der Waals surface area (Å²) in [6, 6.07) is 0.675. The van der Waals surface area contributed by atoms with Gasteiger partial charge in [0.15, 0.2) is 0 Å². The maximum atomic E-state index is 12.5. The molecule has 3 heterocycles. The molecule has 1 atom stereocenters. The number of amides is 1. The van der Waals surface area contributed by atoms with Gasteiger partial charge >= 0.3 is 0 Å². The normalized spacial score (nSPS) is 27.6. The fourth-order valence-corrected chi connectivity index (χ4v) is 4.47. The third-order valence-corrected chi connectivity index (χ3v) is 6.15. The van der Waals surface area contributed by atoms with Crippen LogP contribution in [0.4, 0.5) is 0 Å². The average Bonchev–Trinajstić information content (AvgIpc) is 3.13. The van der Waals surface area contributed by atoms with E-state index in [1.54, 1.807) is 7.11 Å². The van der Waals surface area contributed by atoms with Gasteiger partial charge in [-0.1, -0.05) is 0 Å². The van der Waals surface area contributed by atoms with E-state index < -0.39 is 0 Å². The lowest BCUT2D eigenvalue weighted by molar-refractivity contribution is -0.127. The zero-order chi connectivity index (χ0) is 17.5. The summed E-state index contributed by atoms with van der Waals surface area (Å²) in [6.07, 6.45) is 5.50. The van der Waals surface area contributed by atoms with Crippen LogP contribution in [0.2, 0.25) is 0 Å². The smallest absolute Gasteiger partial charge is 0.223 e. The molecule has 1 amide bonds. The number of carbonyl (C=O) groups is 1. The Bertz CT molecular complexity index is 407. The van der Waals surface area contributed by atoms with Gasteiger partial charge in [-0.25, -0.2) is 0 Å². The maximum Gasteiger partial charge on any atom is 0.223 e. The molecule has 144 valence electrons. The van der Waals surface area contributed by atoms with Gasteiger partial charge in [0.25, 0.3) is 0 Å². The van der Waals surface area contributed by atoms with E-state index in [0.29, 0.717) is 12.0 Å². The van der Waals surface area contributed by atoms with E-state index in [4.69, 9.17) is 9.47 Å². The van der Waals surface area contributed by atoms with Gasteiger partial charge in [0.1, 0.15) is 0 Å². The Labute approximate surface area is 152 Å². The number of nitrogens with one attached hydrogen (secondary N) is 1. The lowest BCUT2D eigenvalue weighted by atomic mass is 9.93. The number of likely N-dealkylation sites (tertiary alicyclic amines) is 2. The van der Waals surface area contributed by atoms with E-state index >= 15 is 0 Å². The highest BCUT2D eigenvalue weighted by Gasteiger charge is 2.30. The molecule has 0 unspecified atom stereocenters. The molecule has 0 aromatic heterocycles. The highest BCUT2D eigenvalue weighted by molar-refractivity contribution is 5.78. The summed E-state index contributed by atoms with van der Waals surface area (Å²) in [4.78, 5) is 17.5. The summed E-state index contributed by atoms with van der Waals surface area (Å²) in [7, 11) is 1.75. The molecule has 3 saturated heterocycles. The Morgan fingerprint density at radius 1 is 1.12 bits per heavy atom. The summed E-state index contributed by atoms with van der Waals surface area (Å²) in [6.45, 7) is 8.79. The van der Waals surface area contributed by atoms with Crippen LogP contribution in [-0.2, 0) is 14.3 Å². The van der Waals surface area contributed by atoms with Gasteiger partial charge in [-0.3, -0.25) is 4.79 Å². The molecule has 0 radical (unpaired) electrons. The maximum absolute atomic E-state index is 12.5. The lowest BCUT2D eigenvalue weighted by Gasteiger charge is -2.38. The molecular formula is C19H35N3O3. The van der Waals surface area contributed by atoms with Crippen LogP contribution in [0.3, 0.4) is 0 Å². The third-order valence-electron chi connectivity index (χ3n) is 6.15. The van der Waals surface area contributed by atoms with Crippen molar-refractivity contribution in [3.63, 3.8) is 0 Å². The number of ether oxygens (including phenoxy) is 2. The summed E-state index contributed by atoms with van der Waals surface area (Å²) in [5.41, 5.74) is 0. The first-order valence-electron chi connectivity index (χ1n) is 10.1. The van der Waals surface area contributed by atoms with Crippen LogP contribution in [0.1, 0.15) is 32.1 Å². The second-order valence-corrected chi connectivity index (χ2v) is 7.85. The van der Waals surface area contributed by atoms with Crippen molar-refractivity contribution in [3.8, 4) is 0 Å². The van der Waals surface area contributed by atoms with E-state index in [-0.39, 0.29) is 11.8 Å². The van der Waals surface area contributed by atoms with E-state index in [0.717, 1.165) is 84.8 Å². The lowest BCUT2D eigenvalue weighted by Crippen LogP contribution is -2.47. The van der Waals surface area contributed by atoms with Crippen LogP contribution in [0.15, 0.2) is 0 Å². The fourth-order valence-electron chi connectivity index (χ4n) is 4.47. The Morgan fingerprint density at radius 2 is 1.88 bits per heavy atom. The first-order chi connectivity index (χ1) is 12.3. The third kappa shape index (κ3) is 5.64. The van der Waals surface area contributed by atoms with Crippen molar-refractivity contribution in [2.45, 2.75) is 38.1 Å². The van der Waals surface area contributed by atoms with Crippen LogP contribution in [-0.4, -0.2) is 87.9 Å². The summed E-state index contributed by atoms with van der Waals surface area (Å²) in [5.74, 6) is 1.09. The van der Waals surface area contributed by atoms with Gasteiger partial charge < -0.3 is 24.6 Å². The Morgan fingerprint density at radius 3 is 2.60 bits per heavy atom. The van der Waals surface area contributed by atoms with Crippen molar-refractivity contribution < 1.29 is 14.3 Å². The van der Waals surface area contributed by atoms with Crippen LogP contribution in [0.5, 0.6) is 0 Å². The Balaban J connectivity index is 1.31. The van der Waals surface area contributed by atoms with Crippen molar-refractivity contribution in [2.24, 2.45) is 11.8 Å². The Hall–Kier alpha value is -0.690. The van der Waals surface area contributed by atoms with Crippen molar-refractivity contribution in [1.82, 2.24) is 15.1 Å². The van der Waals surface area contributed by atoms with Crippen molar-refractivity contribution in [3.05, 3.63) is 0 Å². The minimum Gasteiger partial charge on any atom is -0.383 e. The monoisotopic (exact) mass is 353 g/mol. The number of hydrogen-bond acceptors (Lipinski definition) is 5. The van der Waals surface area contributed by atoms with Gasteiger partial charge in [0.05, 0.1) is 6.61 Å². The SMILES string of the molecule is COCCN1CC[C@H](CNC(=O)C2CCN(C3CCOCC3)CC2)C1. The summed E-state index contributed by atoms with van der Waals surface area (Å²) >= 11 is 0. The standard InChI is InChI=1S/C19H35N3O3/c1-24-13-10-21-7-2-16(15-21)14-20-19(23)17-3-8-22(9-4-17)18-5-11-25-12-6-18/h16-18H,2-15H2,1H3,(H,20,23)/t16-/m1/s1. The van der Waals surface area contributed by atoms with Gasteiger partial charge in [0.2, 0.25) is 5.91 Å². The fraction of sp³-hybridized carbons (Fsp3) is 0.947. The topological polar surface area (TPSA) is 54.0 Å². The molecule has 0 saturated carbocycles. The quantitative estimate of drug-likeness (QED) is 0.739. The van der Waals surface area contributed by atoms with E-state index in [1.165, 1.54) is 6.42 Å². The number of hydrogen-bond donors (Lipinski definition) is 1. The average molecular weight is 354 g/mol. The number of rotatable bonds is 7. The number of piperidine rings is 1. The van der Waals surface area contributed by atoms with E-state index in [1.807, 2.05) is 0 Å². The van der Waals surface area contributed by atoms with Gasteiger partial charge in [-0.2, -0.15) is 0 Å². The van der Waals surface area contributed by atoms with Crippen LogP contribution in [0, 0.1) is 11.8 Å². The minimum absolute atomic E-state index is 0.210. The zero-order valence-electron chi connectivity index (χ0n) is 15.8. The summed E-state index contributed by atoms with van der Waals surface area (Å²) < 4.78 is 10.6. The predicted octanol–water partition coefficient (Wildman–Crippen LogP) is 0.962. The Kier molecular flexibility index (Phi) is 7.52. The molecule has 0 aromatic carbocycles. The molecule has 0 aliphatic carbocycles. The zero-order valence-corrected chi connectivity index (χ0v) is 15.8. The molecule has 0 bridgehead atoms. The molecule has 6 nitrogen and oxygen atoms in total. The minimum atomic E-state index is 0.210. The summed E-state index contributed by atoms with van der Waals surface area (Å²) in [5, 5.41) is 3.23. The highest BCUT2D eigenvalue weighted by Crippen LogP contribution is 2.23. The molecule has 25 heavy (non-hydrogen) atoms. The number of methoxy groups -OCH3 is 1. The molecule has 0 aromatic rings. The molecule has 1 N–H and O–H groups in total. The van der Waals surface area contributed by atoms with E-state index in [9.17, 15) is 4.79 Å². The van der Waals surface area contributed by atoms with Gasteiger partial charge in [-0.15, -0.1) is 0 Å². The highest BCUT2D eigenvalue weighted by atomic mass is 16.5. The second kappa shape index (κ2) is 9.86. The molecule has 6 heteroatoms. The van der Waals surface area contributed by atoms with Crippen LogP contribution in [0.25, 0.3) is 0 Å². The van der Waals surface area contributed by atoms with Crippen LogP contribution < -0.4 is 5.32 Å². The molecular weight excluding hydrogens is 318 g/mol. The van der Waals surface area contributed by atoms with Gasteiger partial charge in [0, 0.05) is 51.9 Å². The molecule has 3 rings (SSSR count). The first-order valence-corrected chi connectivity index (χ1v) is 10.1. The molecule has 3 aliphatic rings. The van der Waals surface area contributed by atoms with E-state index in [2.05, 4.69) is 15.1 Å². The number of nitrogens with zero attached hydrogens (tertiary/aromatic N) is 2. The van der Waals surface area contributed by atoms with Crippen molar-refractivity contribution in [1.29, 1.82) is 0 Å². The van der Waals surface area contributed by atoms with Gasteiger partial charge in [-0.05, 0) is 57.7 Å². The second-order valence-electron chi connectivity index (χ2n) is 7.85. The first kappa shape index (κ1) is 19.1. The van der Waals surface area contributed by atoms with Crippen molar-refractivity contribution >= 4 is 5.91 Å². The largest absolute Gasteiger partial charge is 0.383 e. The van der Waals surface area contributed by atoms with Crippen molar-refractivity contribution in [2.75, 3.05) is 66.2 Å².